The van der Waals surface area contributed by atoms with Crippen molar-refractivity contribution in [2.24, 2.45) is 5.92 Å². The maximum absolute atomic E-state index is 13.3. The number of carbonyl (C=O) groups excluding carboxylic acids is 2. The van der Waals surface area contributed by atoms with E-state index < -0.39 is 0 Å². The molecular weight excluding hydrogens is 432 g/mol. The van der Waals surface area contributed by atoms with E-state index in [1.165, 1.54) is 6.42 Å². The van der Waals surface area contributed by atoms with Crippen LogP contribution in [-0.2, 0) is 16.1 Å². The molecule has 0 aliphatic heterocycles. The number of anilines is 2. The summed E-state index contributed by atoms with van der Waals surface area (Å²) in [5, 5.41) is 8.85. The average Bonchev–Trinajstić information content (AvgIpc) is 3.34. The standard InChI is InChI=1S/C26H30N4O2S/c1-27-26-29-23(18-33-26)20-12-14-22(15-13-20)28-24(31)17-30(16-19-8-4-2-5-9-19)25(32)21-10-6-3-7-11-21/h2,4-5,8-9,12-15,18,21H,3,6-7,10-11,16-17H2,1H3,(H,27,29)(H,28,31). The Bertz CT molecular complexity index is 1060. The van der Waals surface area contributed by atoms with Crippen molar-refractivity contribution in [3.63, 3.8) is 0 Å². The molecule has 1 aliphatic rings. The van der Waals surface area contributed by atoms with Crippen LogP contribution in [0.5, 0.6) is 0 Å². The highest BCUT2D eigenvalue weighted by Gasteiger charge is 2.27. The van der Waals surface area contributed by atoms with Crippen LogP contribution in [0, 0.1) is 5.92 Å². The Hall–Kier alpha value is -3.19. The average molecular weight is 463 g/mol. The van der Waals surface area contributed by atoms with Crippen LogP contribution in [0.1, 0.15) is 37.7 Å². The summed E-state index contributed by atoms with van der Waals surface area (Å²) < 4.78 is 0. The fraction of sp³-hybridized carbons (Fsp3) is 0.346. The molecule has 4 rings (SSSR count). The Balaban J connectivity index is 1.41. The van der Waals surface area contributed by atoms with Gasteiger partial charge in [0.1, 0.15) is 6.54 Å². The molecule has 0 saturated heterocycles. The van der Waals surface area contributed by atoms with Crippen LogP contribution in [0.4, 0.5) is 10.8 Å². The Morgan fingerprint density at radius 3 is 2.42 bits per heavy atom. The third kappa shape index (κ3) is 6.20. The first-order valence-corrected chi connectivity index (χ1v) is 12.4. The van der Waals surface area contributed by atoms with Gasteiger partial charge >= 0.3 is 0 Å². The lowest BCUT2D eigenvalue weighted by Gasteiger charge is -2.29. The predicted molar refractivity (Wildman–Crippen MR) is 134 cm³/mol. The van der Waals surface area contributed by atoms with Crippen LogP contribution in [0.15, 0.2) is 60.0 Å². The second-order valence-electron chi connectivity index (χ2n) is 8.43. The van der Waals surface area contributed by atoms with Gasteiger partial charge in [0, 0.05) is 36.1 Å². The smallest absolute Gasteiger partial charge is 0.244 e. The Morgan fingerprint density at radius 1 is 1.03 bits per heavy atom. The van der Waals surface area contributed by atoms with Gasteiger partial charge in [-0.2, -0.15) is 0 Å². The quantitative estimate of drug-likeness (QED) is 0.470. The summed E-state index contributed by atoms with van der Waals surface area (Å²) in [6, 6.07) is 17.5. The number of carbonyl (C=O) groups is 2. The van der Waals surface area contributed by atoms with E-state index in [0.717, 1.165) is 47.6 Å². The number of rotatable bonds is 8. The Labute approximate surface area is 199 Å². The van der Waals surface area contributed by atoms with Gasteiger partial charge in [-0.05, 0) is 30.5 Å². The van der Waals surface area contributed by atoms with Gasteiger partial charge < -0.3 is 15.5 Å². The highest BCUT2D eigenvalue weighted by Crippen LogP contribution is 2.27. The van der Waals surface area contributed by atoms with E-state index in [-0.39, 0.29) is 24.3 Å². The highest BCUT2D eigenvalue weighted by molar-refractivity contribution is 7.14. The van der Waals surface area contributed by atoms with E-state index >= 15 is 0 Å². The lowest BCUT2D eigenvalue weighted by Crippen LogP contribution is -2.41. The molecule has 33 heavy (non-hydrogen) atoms. The van der Waals surface area contributed by atoms with Crippen molar-refractivity contribution < 1.29 is 9.59 Å². The van der Waals surface area contributed by atoms with E-state index in [9.17, 15) is 9.59 Å². The van der Waals surface area contributed by atoms with Crippen LogP contribution in [-0.4, -0.2) is 35.3 Å². The van der Waals surface area contributed by atoms with Gasteiger partial charge in [0.05, 0.1) is 5.69 Å². The summed E-state index contributed by atoms with van der Waals surface area (Å²) in [5.41, 5.74) is 3.62. The summed E-state index contributed by atoms with van der Waals surface area (Å²) >= 11 is 1.55. The van der Waals surface area contributed by atoms with Crippen molar-refractivity contribution >= 4 is 34.0 Å². The number of benzene rings is 2. The van der Waals surface area contributed by atoms with Gasteiger partial charge in [0.15, 0.2) is 5.13 Å². The molecule has 2 amide bonds. The summed E-state index contributed by atoms with van der Waals surface area (Å²) in [6.45, 7) is 0.490. The first-order valence-electron chi connectivity index (χ1n) is 11.5. The second-order valence-corrected chi connectivity index (χ2v) is 9.29. The minimum Gasteiger partial charge on any atom is -0.365 e. The minimum atomic E-state index is -0.186. The fourth-order valence-electron chi connectivity index (χ4n) is 4.24. The molecule has 2 aromatic carbocycles. The number of hydrogen-bond donors (Lipinski definition) is 2. The Kier molecular flexibility index (Phi) is 7.73. The maximum Gasteiger partial charge on any atom is 0.244 e. The maximum atomic E-state index is 13.3. The highest BCUT2D eigenvalue weighted by atomic mass is 32.1. The van der Waals surface area contributed by atoms with Crippen molar-refractivity contribution in [2.75, 3.05) is 24.2 Å². The lowest BCUT2D eigenvalue weighted by atomic mass is 9.88. The van der Waals surface area contributed by atoms with Gasteiger partial charge in [0.25, 0.3) is 0 Å². The minimum absolute atomic E-state index is 0.0233. The summed E-state index contributed by atoms with van der Waals surface area (Å²) in [7, 11) is 1.85. The van der Waals surface area contributed by atoms with Crippen molar-refractivity contribution in [1.82, 2.24) is 9.88 Å². The molecule has 1 heterocycles. The summed E-state index contributed by atoms with van der Waals surface area (Å²) in [6.07, 6.45) is 5.19. The van der Waals surface area contributed by atoms with Crippen molar-refractivity contribution in [3.05, 3.63) is 65.5 Å². The molecule has 6 nitrogen and oxygen atoms in total. The van der Waals surface area contributed by atoms with E-state index in [0.29, 0.717) is 12.2 Å². The molecule has 0 atom stereocenters. The number of hydrogen-bond acceptors (Lipinski definition) is 5. The number of aromatic nitrogens is 1. The normalized spacial score (nSPS) is 14.0. The molecule has 3 aromatic rings. The third-order valence-corrected chi connectivity index (χ3v) is 6.86. The van der Waals surface area contributed by atoms with E-state index in [4.69, 9.17) is 0 Å². The molecular formula is C26H30N4O2S. The fourth-order valence-corrected chi connectivity index (χ4v) is 4.92. The largest absolute Gasteiger partial charge is 0.365 e. The van der Waals surface area contributed by atoms with Crippen molar-refractivity contribution in [1.29, 1.82) is 0 Å². The van der Waals surface area contributed by atoms with Crippen LogP contribution in [0.25, 0.3) is 11.3 Å². The molecule has 1 saturated carbocycles. The van der Waals surface area contributed by atoms with Crippen LogP contribution < -0.4 is 10.6 Å². The first-order chi connectivity index (χ1) is 16.1. The first kappa shape index (κ1) is 23.0. The van der Waals surface area contributed by atoms with Gasteiger partial charge in [-0.3, -0.25) is 9.59 Å². The lowest BCUT2D eigenvalue weighted by molar-refractivity contribution is -0.139. The zero-order valence-corrected chi connectivity index (χ0v) is 19.7. The number of thiazole rings is 1. The van der Waals surface area contributed by atoms with Crippen molar-refractivity contribution in [3.8, 4) is 11.3 Å². The molecule has 1 aromatic heterocycles. The Morgan fingerprint density at radius 2 is 1.76 bits per heavy atom. The monoisotopic (exact) mass is 462 g/mol. The molecule has 0 bridgehead atoms. The molecule has 0 unspecified atom stereocenters. The number of nitrogens with one attached hydrogen (secondary N) is 2. The number of nitrogens with zero attached hydrogens (tertiary/aromatic N) is 2. The van der Waals surface area contributed by atoms with Gasteiger partial charge in [-0.25, -0.2) is 4.98 Å². The van der Waals surface area contributed by atoms with E-state index in [1.807, 2.05) is 67.0 Å². The van der Waals surface area contributed by atoms with Gasteiger partial charge in [-0.1, -0.05) is 61.7 Å². The molecule has 7 heteroatoms. The summed E-state index contributed by atoms with van der Waals surface area (Å²) in [5.74, 6) is -0.0722. The third-order valence-electron chi connectivity index (χ3n) is 6.00. The van der Waals surface area contributed by atoms with Gasteiger partial charge in [0.2, 0.25) is 11.8 Å². The van der Waals surface area contributed by atoms with Crippen LogP contribution in [0.2, 0.25) is 0 Å². The van der Waals surface area contributed by atoms with E-state index in [2.05, 4.69) is 15.6 Å². The molecule has 0 radical (unpaired) electrons. The SMILES string of the molecule is CNc1nc(-c2ccc(NC(=O)CN(Cc3ccccc3)C(=O)C3CCCCC3)cc2)cs1. The van der Waals surface area contributed by atoms with E-state index in [1.54, 1.807) is 16.2 Å². The molecule has 1 aliphatic carbocycles. The summed E-state index contributed by atoms with van der Waals surface area (Å²) in [4.78, 5) is 32.3. The molecule has 2 N–H and O–H groups in total. The van der Waals surface area contributed by atoms with Crippen LogP contribution >= 0.6 is 11.3 Å². The second kappa shape index (κ2) is 11.1. The number of amides is 2. The van der Waals surface area contributed by atoms with Crippen molar-refractivity contribution in [2.45, 2.75) is 38.6 Å². The predicted octanol–water partition coefficient (Wildman–Crippen LogP) is 5.40. The zero-order valence-electron chi connectivity index (χ0n) is 18.9. The molecule has 0 spiro atoms. The molecule has 172 valence electrons. The topological polar surface area (TPSA) is 74.3 Å². The zero-order chi connectivity index (χ0) is 23.0. The molecule has 1 fully saturated rings. The van der Waals surface area contributed by atoms with Crippen LogP contribution in [0.3, 0.4) is 0 Å². The van der Waals surface area contributed by atoms with Gasteiger partial charge in [-0.15, -0.1) is 11.3 Å².